The first kappa shape index (κ1) is 17.1. The molecule has 0 heterocycles. The van der Waals surface area contributed by atoms with E-state index in [1.165, 1.54) is 73.8 Å². The van der Waals surface area contributed by atoms with Gasteiger partial charge in [-0.2, -0.15) is 0 Å². The van der Waals surface area contributed by atoms with Gasteiger partial charge >= 0.3 is 0 Å². The minimum atomic E-state index is 1.15. The molecule has 0 spiro atoms. The fourth-order valence-electron chi connectivity index (χ4n) is 2.76. The molecule has 0 aromatic heterocycles. The summed E-state index contributed by atoms with van der Waals surface area (Å²) in [5.74, 6) is 1.18. The molecule has 20 heavy (non-hydrogen) atoms. The summed E-state index contributed by atoms with van der Waals surface area (Å²) in [6.07, 6.45) is 11.0. The molecule has 1 aromatic carbocycles. The van der Waals surface area contributed by atoms with Gasteiger partial charge in [-0.05, 0) is 55.2 Å². The molecule has 0 bridgehead atoms. The molecule has 1 nitrogen and oxygen atoms in total. The lowest BCUT2D eigenvalue weighted by Gasteiger charge is -2.18. The maximum atomic E-state index is 5.79. The highest BCUT2D eigenvalue weighted by atomic mass is 16.5. The molecule has 0 saturated heterocycles. The van der Waals surface area contributed by atoms with Crippen molar-refractivity contribution in [2.75, 3.05) is 7.11 Å². The van der Waals surface area contributed by atoms with Crippen molar-refractivity contribution < 1.29 is 4.74 Å². The molecule has 0 saturated carbocycles. The van der Waals surface area contributed by atoms with E-state index in [9.17, 15) is 0 Å². The van der Waals surface area contributed by atoms with Crippen LogP contribution in [-0.2, 0) is 19.3 Å². The Bertz CT molecular complexity index is 382. The highest BCUT2D eigenvalue weighted by molar-refractivity contribution is 5.47. The van der Waals surface area contributed by atoms with E-state index in [4.69, 9.17) is 4.74 Å². The van der Waals surface area contributed by atoms with E-state index in [0.29, 0.717) is 0 Å². The van der Waals surface area contributed by atoms with E-state index in [2.05, 4.69) is 32.9 Å². The lowest BCUT2D eigenvalue weighted by molar-refractivity contribution is 0.402. The average Bonchev–Trinajstić information content (AvgIpc) is 2.48. The van der Waals surface area contributed by atoms with Gasteiger partial charge in [0.25, 0.3) is 0 Å². The average molecular weight is 276 g/mol. The SMILES string of the molecule is CCCCc1ccc(CCCC)c(OC)c1CCCC. The second kappa shape index (κ2) is 9.85. The molecule has 1 heteroatoms. The van der Waals surface area contributed by atoms with Crippen LogP contribution in [-0.4, -0.2) is 7.11 Å². The van der Waals surface area contributed by atoms with Gasteiger partial charge in [0.15, 0.2) is 0 Å². The van der Waals surface area contributed by atoms with Gasteiger partial charge < -0.3 is 4.74 Å². The van der Waals surface area contributed by atoms with Crippen LogP contribution < -0.4 is 4.74 Å². The van der Waals surface area contributed by atoms with Crippen molar-refractivity contribution in [1.82, 2.24) is 0 Å². The van der Waals surface area contributed by atoms with Crippen LogP contribution in [0.1, 0.15) is 76.0 Å². The number of methoxy groups -OCH3 is 1. The minimum Gasteiger partial charge on any atom is -0.496 e. The maximum absolute atomic E-state index is 5.79. The zero-order valence-corrected chi connectivity index (χ0v) is 13.9. The van der Waals surface area contributed by atoms with Crippen molar-refractivity contribution in [3.8, 4) is 5.75 Å². The summed E-state index contributed by atoms with van der Waals surface area (Å²) in [6, 6.07) is 4.66. The largest absolute Gasteiger partial charge is 0.496 e. The van der Waals surface area contributed by atoms with Crippen LogP contribution >= 0.6 is 0 Å². The standard InChI is InChI=1S/C19H32O/c1-5-8-11-16-14-15-17(12-9-6-2)19(20-4)18(16)13-10-7-3/h14-15H,5-13H2,1-4H3. The number of hydrogen-bond acceptors (Lipinski definition) is 1. The Kier molecular flexibility index (Phi) is 8.41. The molecule has 0 radical (unpaired) electrons. The molecule has 0 N–H and O–H groups in total. The van der Waals surface area contributed by atoms with Crippen molar-refractivity contribution in [2.45, 2.75) is 78.6 Å². The van der Waals surface area contributed by atoms with E-state index in [1.807, 2.05) is 7.11 Å². The lowest BCUT2D eigenvalue weighted by atomic mass is 9.93. The maximum Gasteiger partial charge on any atom is 0.125 e. The fraction of sp³-hybridized carbons (Fsp3) is 0.684. The van der Waals surface area contributed by atoms with Crippen molar-refractivity contribution >= 4 is 0 Å². The number of benzene rings is 1. The Labute approximate surface area is 125 Å². The first-order valence-electron chi connectivity index (χ1n) is 8.46. The van der Waals surface area contributed by atoms with Crippen LogP contribution in [0.5, 0.6) is 5.75 Å². The van der Waals surface area contributed by atoms with E-state index in [-0.39, 0.29) is 0 Å². The Morgan fingerprint density at radius 1 is 0.750 bits per heavy atom. The number of unbranched alkanes of at least 4 members (excludes halogenated alkanes) is 3. The van der Waals surface area contributed by atoms with Gasteiger partial charge in [0, 0.05) is 0 Å². The third kappa shape index (κ3) is 4.85. The van der Waals surface area contributed by atoms with Crippen molar-refractivity contribution in [1.29, 1.82) is 0 Å². The minimum absolute atomic E-state index is 1.15. The summed E-state index contributed by atoms with van der Waals surface area (Å²) in [7, 11) is 1.84. The first-order valence-corrected chi connectivity index (χ1v) is 8.46. The predicted octanol–water partition coefficient (Wildman–Crippen LogP) is 5.72. The second-order valence-electron chi connectivity index (χ2n) is 5.71. The molecule has 0 aliphatic rings. The molecule has 0 unspecified atom stereocenters. The fourth-order valence-corrected chi connectivity index (χ4v) is 2.76. The van der Waals surface area contributed by atoms with Crippen LogP contribution in [0.2, 0.25) is 0 Å². The van der Waals surface area contributed by atoms with Crippen LogP contribution in [0, 0.1) is 0 Å². The second-order valence-corrected chi connectivity index (χ2v) is 5.71. The van der Waals surface area contributed by atoms with Gasteiger partial charge in [0.1, 0.15) is 5.75 Å². The van der Waals surface area contributed by atoms with Crippen LogP contribution in [0.15, 0.2) is 12.1 Å². The zero-order valence-electron chi connectivity index (χ0n) is 13.9. The Balaban J connectivity index is 3.05. The third-order valence-corrected chi connectivity index (χ3v) is 4.02. The quantitative estimate of drug-likeness (QED) is 0.531. The zero-order chi connectivity index (χ0) is 14.8. The first-order chi connectivity index (χ1) is 9.78. The third-order valence-electron chi connectivity index (χ3n) is 4.02. The van der Waals surface area contributed by atoms with Gasteiger partial charge in [-0.15, -0.1) is 0 Å². The van der Waals surface area contributed by atoms with Crippen LogP contribution in [0.4, 0.5) is 0 Å². The number of ether oxygens (including phenoxy) is 1. The summed E-state index contributed by atoms with van der Waals surface area (Å²) in [4.78, 5) is 0. The number of hydrogen-bond donors (Lipinski definition) is 0. The predicted molar refractivity (Wildman–Crippen MR) is 88.8 cm³/mol. The molecule has 0 fully saturated rings. The number of rotatable bonds is 10. The Morgan fingerprint density at radius 3 is 1.80 bits per heavy atom. The monoisotopic (exact) mass is 276 g/mol. The molecule has 0 amide bonds. The van der Waals surface area contributed by atoms with Crippen molar-refractivity contribution in [2.24, 2.45) is 0 Å². The molecule has 0 aliphatic carbocycles. The van der Waals surface area contributed by atoms with E-state index in [0.717, 1.165) is 6.42 Å². The molecule has 114 valence electrons. The van der Waals surface area contributed by atoms with E-state index >= 15 is 0 Å². The van der Waals surface area contributed by atoms with Gasteiger partial charge in [-0.3, -0.25) is 0 Å². The molecule has 1 rings (SSSR count). The topological polar surface area (TPSA) is 9.23 Å². The van der Waals surface area contributed by atoms with Crippen LogP contribution in [0.25, 0.3) is 0 Å². The highest BCUT2D eigenvalue weighted by Gasteiger charge is 2.13. The smallest absolute Gasteiger partial charge is 0.125 e. The molecule has 0 aliphatic heterocycles. The molecular formula is C19H32O. The van der Waals surface area contributed by atoms with Gasteiger partial charge in [0.05, 0.1) is 7.11 Å². The summed E-state index contributed by atoms with van der Waals surface area (Å²) in [5.41, 5.74) is 4.40. The van der Waals surface area contributed by atoms with Gasteiger partial charge in [-0.25, -0.2) is 0 Å². The molecule has 1 aromatic rings. The summed E-state index contributed by atoms with van der Waals surface area (Å²) in [6.45, 7) is 6.78. The Hall–Kier alpha value is -0.980. The van der Waals surface area contributed by atoms with Crippen molar-refractivity contribution in [3.63, 3.8) is 0 Å². The highest BCUT2D eigenvalue weighted by Crippen LogP contribution is 2.31. The van der Waals surface area contributed by atoms with E-state index in [1.54, 1.807) is 0 Å². The number of aryl methyl sites for hydroxylation is 2. The van der Waals surface area contributed by atoms with Gasteiger partial charge in [-0.1, -0.05) is 52.2 Å². The summed E-state index contributed by atoms with van der Waals surface area (Å²) < 4.78 is 5.79. The normalized spacial score (nSPS) is 10.8. The summed E-state index contributed by atoms with van der Waals surface area (Å²) >= 11 is 0. The molecule has 0 atom stereocenters. The molecular weight excluding hydrogens is 244 g/mol. The van der Waals surface area contributed by atoms with Crippen molar-refractivity contribution in [3.05, 3.63) is 28.8 Å². The van der Waals surface area contributed by atoms with Crippen LogP contribution in [0.3, 0.4) is 0 Å². The summed E-state index contributed by atoms with van der Waals surface area (Å²) in [5, 5.41) is 0. The Morgan fingerprint density at radius 2 is 1.25 bits per heavy atom. The van der Waals surface area contributed by atoms with Gasteiger partial charge in [0.2, 0.25) is 0 Å². The lowest BCUT2D eigenvalue weighted by Crippen LogP contribution is -2.03. The van der Waals surface area contributed by atoms with E-state index < -0.39 is 0 Å².